The van der Waals surface area contributed by atoms with Crippen molar-refractivity contribution >= 4 is 5.91 Å². The number of H-pyrrole nitrogens is 1. The Morgan fingerprint density at radius 1 is 1.09 bits per heavy atom. The molecule has 10 nitrogen and oxygen atoms in total. The fraction of sp³-hybridized carbons (Fsp3) is 0.455. The second-order valence-electron chi connectivity index (χ2n) is 8.00. The van der Waals surface area contributed by atoms with Crippen LogP contribution in [0.3, 0.4) is 0 Å². The smallest absolute Gasteiger partial charge is 0.272 e. The molecule has 1 unspecified atom stereocenters. The summed E-state index contributed by atoms with van der Waals surface area (Å²) in [5, 5.41) is 11.3. The predicted molar refractivity (Wildman–Crippen MR) is 113 cm³/mol. The van der Waals surface area contributed by atoms with Crippen molar-refractivity contribution in [3.8, 4) is 28.5 Å². The average molecular weight is 439 g/mol. The van der Waals surface area contributed by atoms with Crippen LogP contribution in [0.2, 0.25) is 0 Å². The minimum absolute atomic E-state index is 0.148. The van der Waals surface area contributed by atoms with Crippen LogP contribution in [-0.4, -0.2) is 59.0 Å². The van der Waals surface area contributed by atoms with E-state index in [1.54, 1.807) is 44.4 Å². The number of likely N-dealkylation sites (tertiary alicyclic amines) is 1. The monoisotopic (exact) mass is 439 g/mol. The van der Waals surface area contributed by atoms with E-state index in [0.717, 1.165) is 37.1 Å². The van der Waals surface area contributed by atoms with Crippen molar-refractivity contribution in [3.05, 3.63) is 35.6 Å². The molecule has 0 radical (unpaired) electrons. The van der Waals surface area contributed by atoms with Crippen molar-refractivity contribution in [2.45, 2.75) is 37.6 Å². The first-order chi connectivity index (χ1) is 15.6. The van der Waals surface area contributed by atoms with E-state index in [2.05, 4.69) is 20.3 Å². The maximum atomic E-state index is 13.3. The van der Waals surface area contributed by atoms with Crippen LogP contribution in [0, 0.1) is 0 Å². The van der Waals surface area contributed by atoms with Gasteiger partial charge in [-0.1, -0.05) is 5.16 Å². The Morgan fingerprint density at radius 2 is 1.84 bits per heavy atom. The van der Waals surface area contributed by atoms with E-state index in [-0.39, 0.29) is 11.9 Å². The van der Waals surface area contributed by atoms with Gasteiger partial charge in [0.25, 0.3) is 5.91 Å². The number of rotatable bonds is 7. The second kappa shape index (κ2) is 8.18. The number of benzene rings is 1. The molecular weight excluding hydrogens is 414 g/mol. The molecule has 1 aliphatic heterocycles. The molecular formula is C22H25N5O5. The first kappa shape index (κ1) is 20.3. The Hall–Kier alpha value is -3.56. The van der Waals surface area contributed by atoms with Gasteiger partial charge in [0.05, 0.1) is 27.0 Å². The topological polar surface area (TPSA) is 116 Å². The summed E-state index contributed by atoms with van der Waals surface area (Å²) in [6, 6.07) is 5.10. The zero-order valence-corrected chi connectivity index (χ0v) is 18.3. The number of nitrogens with one attached hydrogen (secondary N) is 1. The first-order valence-electron chi connectivity index (χ1n) is 10.6. The third-order valence-corrected chi connectivity index (χ3v) is 5.97. The van der Waals surface area contributed by atoms with E-state index < -0.39 is 0 Å². The van der Waals surface area contributed by atoms with Crippen LogP contribution in [0.5, 0.6) is 17.2 Å². The van der Waals surface area contributed by atoms with E-state index in [1.807, 2.05) is 0 Å². The maximum absolute atomic E-state index is 13.3. The summed E-state index contributed by atoms with van der Waals surface area (Å²) in [7, 11) is 4.66. The van der Waals surface area contributed by atoms with Gasteiger partial charge in [-0.15, -0.1) is 0 Å². The second-order valence-corrected chi connectivity index (χ2v) is 8.00. The molecule has 1 saturated carbocycles. The Morgan fingerprint density at radius 3 is 2.50 bits per heavy atom. The molecule has 2 aromatic heterocycles. The molecule has 1 N–H and O–H groups in total. The van der Waals surface area contributed by atoms with E-state index >= 15 is 0 Å². The Kier molecular flexibility index (Phi) is 5.20. The van der Waals surface area contributed by atoms with E-state index in [9.17, 15) is 4.79 Å². The number of amides is 1. The minimum atomic E-state index is -0.213. The number of aromatic nitrogens is 4. The lowest BCUT2D eigenvalue weighted by Crippen LogP contribution is -2.31. The van der Waals surface area contributed by atoms with Crippen molar-refractivity contribution in [2.75, 3.05) is 27.9 Å². The minimum Gasteiger partial charge on any atom is -0.493 e. The Balaban J connectivity index is 1.39. The zero-order chi connectivity index (χ0) is 22.2. The average Bonchev–Trinajstić information content (AvgIpc) is 3.24. The fourth-order valence-electron chi connectivity index (χ4n) is 4.12. The number of ether oxygens (including phenoxy) is 3. The van der Waals surface area contributed by atoms with Crippen LogP contribution >= 0.6 is 0 Å². The lowest BCUT2D eigenvalue weighted by Gasteiger charge is -2.20. The molecule has 1 aliphatic carbocycles. The normalized spacial score (nSPS) is 18.1. The lowest BCUT2D eigenvalue weighted by molar-refractivity contribution is 0.0704. The molecule has 5 rings (SSSR count). The predicted octanol–water partition coefficient (Wildman–Crippen LogP) is 3.34. The highest BCUT2D eigenvalue weighted by molar-refractivity contribution is 5.94. The summed E-state index contributed by atoms with van der Waals surface area (Å²) in [6.45, 7) is 0.628. The van der Waals surface area contributed by atoms with Crippen LogP contribution in [-0.2, 0) is 0 Å². The highest BCUT2D eigenvalue weighted by atomic mass is 16.5. The molecule has 1 saturated heterocycles. The van der Waals surface area contributed by atoms with Gasteiger partial charge in [-0.25, -0.2) is 0 Å². The fourth-order valence-corrected chi connectivity index (χ4v) is 4.12. The van der Waals surface area contributed by atoms with Crippen LogP contribution in [0.25, 0.3) is 11.3 Å². The molecule has 1 aromatic carbocycles. The third kappa shape index (κ3) is 3.55. The quantitative estimate of drug-likeness (QED) is 0.596. The lowest BCUT2D eigenvalue weighted by atomic mass is 10.1. The number of hydrogen-bond acceptors (Lipinski definition) is 8. The van der Waals surface area contributed by atoms with E-state index in [0.29, 0.717) is 47.0 Å². The highest BCUT2D eigenvalue weighted by Crippen LogP contribution is 2.42. The largest absolute Gasteiger partial charge is 0.493 e. The number of carbonyl (C=O) groups excluding carboxylic acids is 1. The third-order valence-electron chi connectivity index (χ3n) is 5.97. The van der Waals surface area contributed by atoms with Gasteiger partial charge in [-0.3, -0.25) is 9.89 Å². The van der Waals surface area contributed by atoms with Gasteiger partial charge in [0.2, 0.25) is 11.6 Å². The van der Waals surface area contributed by atoms with Crippen LogP contribution in [0.15, 0.2) is 22.7 Å². The Bertz CT molecular complexity index is 1110. The molecule has 2 fully saturated rings. The highest BCUT2D eigenvalue weighted by Gasteiger charge is 2.37. The molecule has 3 aromatic rings. The number of hydrogen-bond donors (Lipinski definition) is 1. The number of nitrogens with zero attached hydrogens (tertiary/aromatic N) is 4. The summed E-state index contributed by atoms with van der Waals surface area (Å²) in [4.78, 5) is 19.6. The maximum Gasteiger partial charge on any atom is 0.272 e. The summed E-state index contributed by atoms with van der Waals surface area (Å²) in [5.74, 6) is 3.06. The molecule has 3 heterocycles. The molecule has 2 aliphatic rings. The van der Waals surface area contributed by atoms with Crippen molar-refractivity contribution < 1.29 is 23.5 Å². The standard InChI is InChI=1S/C22H25N5O5/c1-29-17-9-13(10-18(30-2)19(17)31-3)14-11-15(25-24-14)22(28)27-8-4-5-16(27)21-23-20(26-32-21)12-6-7-12/h9-12,16H,4-8H2,1-3H3,(H,24,25). The van der Waals surface area contributed by atoms with Crippen molar-refractivity contribution in [1.82, 2.24) is 25.2 Å². The van der Waals surface area contributed by atoms with Gasteiger partial charge in [0.1, 0.15) is 11.7 Å². The van der Waals surface area contributed by atoms with Gasteiger partial charge >= 0.3 is 0 Å². The first-order valence-corrected chi connectivity index (χ1v) is 10.6. The van der Waals surface area contributed by atoms with Gasteiger partial charge < -0.3 is 23.6 Å². The van der Waals surface area contributed by atoms with Gasteiger partial charge in [0, 0.05) is 18.0 Å². The van der Waals surface area contributed by atoms with Crippen molar-refractivity contribution in [1.29, 1.82) is 0 Å². The summed E-state index contributed by atoms with van der Waals surface area (Å²) >= 11 is 0. The van der Waals surface area contributed by atoms with E-state index in [1.165, 1.54) is 0 Å². The van der Waals surface area contributed by atoms with Crippen molar-refractivity contribution in [2.24, 2.45) is 0 Å². The molecule has 10 heteroatoms. The van der Waals surface area contributed by atoms with Crippen LogP contribution in [0.1, 0.15) is 59.8 Å². The summed E-state index contributed by atoms with van der Waals surface area (Å²) < 4.78 is 21.7. The molecule has 0 bridgehead atoms. The summed E-state index contributed by atoms with van der Waals surface area (Å²) in [5.41, 5.74) is 1.72. The Labute approximate surface area is 184 Å². The zero-order valence-electron chi connectivity index (χ0n) is 18.3. The number of aromatic amines is 1. The molecule has 1 amide bonds. The van der Waals surface area contributed by atoms with Gasteiger partial charge in [-0.2, -0.15) is 10.1 Å². The molecule has 168 valence electrons. The molecule has 32 heavy (non-hydrogen) atoms. The summed E-state index contributed by atoms with van der Waals surface area (Å²) in [6.07, 6.45) is 3.88. The van der Waals surface area contributed by atoms with Crippen LogP contribution in [0.4, 0.5) is 0 Å². The van der Waals surface area contributed by atoms with Crippen molar-refractivity contribution in [3.63, 3.8) is 0 Å². The van der Waals surface area contributed by atoms with Gasteiger partial charge in [0.15, 0.2) is 17.3 Å². The SMILES string of the molecule is COc1cc(-c2cc(C(=O)N3CCCC3c3nc(C4CC4)no3)[nH]n2)cc(OC)c1OC. The molecule has 0 spiro atoms. The van der Waals surface area contributed by atoms with E-state index in [4.69, 9.17) is 18.7 Å². The van der Waals surface area contributed by atoms with Gasteiger partial charge in [-0.05, 0) is 43.9 Å². The van der Waals surface area contributed by atoms with Crippen LogP contribution < -0.4 is 14.2 Å². The number of methoxy groups -OCH3 is 3. The molecule has 1 atom stereocenters. The number of carbonyl (C=O) groups is 1.